The van der Waals surface area contributed by atoms with Gasteiger partial charge in [-0.1, -0.05) is 19.3 Å². The van der Waals surface area contributed by atoms with Crippen LogP contribution in [0.4, 0.5) is 4.79 Å². The fourth-order valence-electron chi connectivity index (χ4n) is 3.66. The molecule has 1 saturated heterocycles. The first kappa shape index (κ1) is 18.0. The summed E-state index contributed by atoms with van der Waals surface area (Å²) < 4.78 is 5.17. The number of nitrogens with two attached hydrogens (primary N) is 1. The Morgan fingerprint density at radius 1 is 1.23 bits per heavy atom. The number of imide groups is 1. The van der Waals surface area contributed by atoms with Crippen molar-refractivity contribution in [3.63, 3.8) is 0 Å². The molecule has 1 aromatic rings. The summed E-state index contributed by atoms with van der Waals surface area (Å²) >= 11 is 0. The van der Waals surface area contributed by atoms with E-state index in [0.717, 1.165) is 24.2 Å². The van der Waals surface area contributed by atoms with Crippen molar-refractivity contribution in [2.24, 2.45) is 5.73 Å². The van der Waals surface area contributed by atoms with E-state index in [4.69, 9.17) is 10.2 Å². The first-order valence-electron chi connectivity index (χ1n) is 8.60. The van der Waals surface area contributed by atoms with Gasteiger partial charge in [0.1, 0.15) is 17.8 Å². The third kappa shape index (κ3) is 3.04. The van der Waals surface area contributed by atoms with Crippen LogP contribution in [0.25, 0.3) is 0 Å². The zero-order valence-electron chi connectivity index (χ0n) is 14.6. The molecule has 1 spiro atoms. The van der Waals surface area contributed by atoms with Crippen LogP contribution in [0.5, 0.6) is 0 Å². The predicted molar refractivity (Wildman–Crippen MR) is 89.8 cm³/mol. The van der Waals surface area contributed by atoms with Crippen molar-refractivity contribution in [2.45, 2.75) is 44.2 Å². The average Bonchev–Trinajstić information content (AvgIpc) is 3.17. The zero-order valence-corrected chi connectivity index (χ0v) is 14.6. The van der Waals surface area contributed by atoms with E-state index in [1.807, 2.05) is 0 Å². The second-order valence-corrected chi connectivity index (χ2v) is 6.73. The minimum absolute atomic E-state index is 0.0000116. The van der Waals surface area contributed by atoms with Crippen LogP contribution in [0.15, 0.2) is 16.5 Å². The van der Waals surface area contributed by atoms with E-state index in [1.54, 1.807) is 7.05 Å². The second kappa shape index (κ2) is 6.81. The lowest BCUT2D eigenvalue weighted by Crippen LogP contribution is -2.49. The number of likely N-dealkylation sites (N-methyl/N-ethyl adjacent to an activating group) is 1. The minimum Gasteiger partial charge on any atom is -0.454 e. The molecule has 5 amide bonds. The molecular formula is C17H22N4O5. The van der Waals surface area contributed by atoms with Gasteiger partial charge >= 0.3 is 6.03 Å². The Morgan fingerprint density at radius 2 is 1.92 bits per heavy atom. The molecule has 0 radical (unpaired) electrons. The van der Waals surface area contributed by atoms with Crippen molar-refractivity contribution in [3.05, 3.63) is 23.7 Å². The van der Waals surface area contributed by atoms with Gasteiger partial charge in [0.15, 0.2) is 5.76 Å². The zero-order chi connectivity index (χ0) is 18.9. The minimum atomic E-state index is -0.799. The van der Waals surface area contributed by atoms with E-state index in [9.17, 15) is 19.2 Å². The van der Waals surface area contributed by atoms with Crippen LogP contribution in [0.2, 0.25) is 0 Å². The van der Waals surface area contributed by atoms with Gasteiger partial charge in [0.2, 0.25) is 5.91 Å². The fourth-order valence-corrected chi connectivity index (χ4v) is 3.66. The molecule has 2 heterocycles. The van der Waals surface area contributed by atoms with Crippen LogP contribution in [-0.2, 0) is 16.1 Å². The maximum absolute atomic E-state index is 12.8. The maximum atomic E-state index is 12.8. The molecule has 1 aliphatic carbocycles. The summed E-state index contributed by atoms with van der Waals surface area (Å²) in [5.41, 5.74) is 4.30. The summed E-state index contributed by atoms with van der Waals surface area (Å²) in [7, 11) is 1.62. The molecule has 3 rings (SSSR count). The average molecular weight is 362 g/mol. The lowest BCUT2D eigenvalue weighted by atomic mass is 9.81. The maximum Gasteiger partial charge on any atom is 0.327 e. The van der Waals surface area contributed by atoms with Gasteiger partial charge in [-0.25, -0.2) is 4.79 Å². The molecule has 140 valence electrons. The number of nitrogens with zero attached hydrogens (tertiary/aromatic N) is 2. The third-order valence-electron chi connectivity index (χ3n) is 5.15. The predicted octanol–water partition coefficient (Wildman–Crippen LogP) is 0.592. The number of furan rings is 1. The molecule has 0 bridgehead atoms. The highest BCUT2D eigenvalue weighted by molar-refractivity contribution is 6.08. The highest BCUT2D eigenvalue weighted by Crippen LogP contribution is 2.39. The summed E-state index contributed by atoms with van der Waals surface area (Å²) in [5, 5.41) is 2.58. The van der Waals surface area contributed by atoms with Crippen molar-refractivity contribution in [1.29, 1.82) is 0 Å². The smallest absolute Gasteiger partial charge is 0.327 e. The monoisotopic (exact) mass is 362 g/mol. The van der Waals surface area contributed by atoms with Crippen LogP contribution in [0, 0.1) is 0 Å². The number of hydrogen-bond acceptors (Lipinski definition) is 5. The Balaban J connectivity index is 1.60. The molecule has 26 heavy (non-hydrogen) atoms. The summed E-state index contributed by atoms with van der Waals surface area (Å²) in [6.07, 6.45) is 4.10. The quantitative estimate of drug-likeness (QED) is 0.742. The van der Waals surface area contributed by atoms with Crippen LogP contribution in [-0.4, -0.2) is 52.7 Å². The number of rotatable bonds is 5. The number of carbonyl (C=O) groups excluding carboxylic acids is 4. The normalized spacial score (nSPS) is 19.3. The van der Waals surface area contributed by atoms with Crippen molar-refractivity contribution in [2.75, 3.05) is 13.6 Å². The fraction of sp³-hybridized carbons (Fsp3) is 0.529. The topological polar surface area (TPSA) is 126 Å². The Kier molecular flexibility index (Phi) is 4.71. The first-order chi connectivity index (χ1) is 12.3. The lowest BCUT2D eigenvalue weighted by Gasteiger charge is -2.35. The van der Waals surface area contributed by atoms with E-state index >= 15 is 0 Å². The standard InChI is InChI=1S/C17H22N4O5/c1-20-16(25)21(15(24)17(20)7-3-2-4-8-17)10-13(22)19-9-11-5-6-12(26-11)14(18)23/h5-6H,2-4,7-10H2,1H3,(H2,18,23)(H,19,22). The van der Waals surface area contributed by atoms with Crippen molar-refractivity contribution >= 4 is 23.8 Å². The van der Waals surface area contributed by atoms with Gasteiger partial charge in [0, 0.05) is 7.05 Å². The van der Waals surface area contributed by atoms with Crippen molar-refractivity contribution < 1.29 is 23.6 Å². The van der Waals surface area contributed by atoms with E-state index in [-0.39, 0.29) is 24.8 Å². The molecule has 0 aromatic carbocycles. The van der Waals surface area contributed by atoms with Gasteiger partial charge < -0.3 is 20.4 Å². The Hall–Kier alpha value is -2.84. The molecular weight excluding hydrogens is 340 g/mol. The SMILES string of the molecule is CN1C(=O)N(CC(=O)NCc2ccc(C(N)=O)o2)C(=O)C12CCCCC2. The molecule has 1 aromatic heterocycles. The van der Waals surface area contributed by atoms with Crippen LogP contribution in [0.3, 0.4) is 0 Å². The lowest BCUT2D eigenvalue weighted by molar-refractivity contribution is -0.137. The van der Waals surface area contributed by atoms with Gasteiger partial charge in [-0.2, -0.15) is 0 Å². The number of hydrogen-bond donors (Lipinski definition) is 2. The molecule has 3 N–H and O–H groups in total. The largest absolute Gasteiger partial charge is 0.454 e. The molecule has 1 saturated carbocycles. The number of nitrogens with one attached hydrogen (secondary N) is 1. The summed E-state index contributed by atoms with van der Waals surface area (Å²) in [6, 6.07) is 2.50. The van der Waals surface area contributed by atoms with Crippen molar-refractivity contribution in [1.82, 2.24) is 15.1 Å². The van der Waals surface area contributed by atoms with Gasteiger partial charge in [0.05, 0.1) is 6.54 Å². The van der Waals surface area contributed by atoms with Crippen LogP contribution in [0.1, 0.15) is 48.4 Å². The van der Waals surface area contributed by atoms with Crippen molar-refractivity contribution in [3.8, 4) is 0 Å². The number of amides is 5. The van der Waals surface area contributed by atoms with Gasteiger partial charge in [0.25, 0.3) is 11.8 Å². The Bertz CT molecular complexity index is 750. The van der Waals surface area contributed by atoms with E-state index in [0.29, 0.717) is 18.6 Å². The van der Waals surface area contributed by atoms with Crippen LogP contribution < -0.4 is 11.1 Å². The number of primary amides is 1. The third-order valence-corrected chi connectivity index (χ3v) is 5.15. The van der Waals surface area contributed by atoms with Gasteiger partial charge in [-0.05, 0) is 25.0 Å². The molecule has 1 aliphatic heterocycles. The molecule has 9 heteroatoms. The highest BCUT2D eigenvalue weighted by atomic mass is 16.4. The summed E-state index contributed by atoms with van der Waals surface area (Å²) in [4.78, 5) is 50.9. The Morgan fingerprint density at radius 3 is 2.54 bits per heavy atom. The Labute approximate surface area is 150 Å². The molecule has 2 aliphatic rings. The molecule has 2 fully saturated rings. The highest BCUT2D eigenvalue weighted by Gasteiger charge is 2.55. The first-order valence-corrected chi connectivity index (χ1v) is 8.60. The van der Waals surface area contributed by atoms with Crippen LogP contribution >= 0.6 is 0 Å². The summed E-state index contributed by atoms with van der Waals surface area (Å²) in [5.74, 6) is -1.12. The van der Waals surface area contributed by atoms with E-state index in [1.165, 1.54) is 17.0 Å². The van der Waals surface area contributed by atoms with Gasteiger partial charge in [-0.15, -0.1) is 0 Å². The van der Waals surface area contributed by atoms with E-state index in [2.05, 4.69) is 5.32 Å². The van der Waals surface area contributed by atoms with Gasteiger partial charge in [-0.3, -0.25) is 19.3 Å². The number of urea groups is 1. The van der Waals surface area contributed by atoms with E-state index < -0.39 is 23.4 Å². The second-order valence-electron chi connectivity index (χ2n) is 6.73. The molecule has 0 unspecified atom stereocenters. The molecule has 0 atom stereocenters. The molecule has 9 nitrogen and oxygen atoms in total. The summed E-state index contributed by atoms with van der Waals surface area (Å²) in [6.45, 7) is -0.309. The number of carbonyl (C=O) groups is 4.